The Balaban J connectivity index is 1.07. The molecule has 0 amide bonds. The minimum Gasteiger partial charge on any atom is -0.311 e. The van der Waals surface area contributed by atoms with E-state index in [1.165, 1.54) is 71.1 Å². The van der Waals surface area contributed by atoms with Gasteiger partial charge in [-0.3, -0.25) is 4.98 Å². The van der Waals surface area contributed by atoms with E-state index in [9.17, 15) is 0 Å². The van der Waals surface area contributed by atoms with Gasteiger partial charge in [-0.1, -0.05) is 140 Å². The highest BCUT2D eigenvalue weighted by molar-refractivity contribution is 6.30. The van der Waals surface area contributed by atoms with Crippen LogP contribution in [0.25, 0.3) is 76.6 Å². The molecule has 238 valence electrons. The Morgan fingerprint density at radius 1 is 0.333 bits per heavy atom. The van der Waals surface area contributed by atoms with Crippen molar-refractivity contribution in [2.75, 3.05) is 4.90 Å². The average Bonchev–Trinajstić information content (AvgIpc) is 3.21. The van der Waals surface area contributed by atoms with Crippen LogP contribution in [0.3, 0.4) is 0 Å². The topological polar surface area (TPSA) is 16.1 Å². The summed E-state index contributed by atoms with van der Waals surface area (Å²) in [6.45, 7) is 0. The smallest absolute Gasteiger partial charge is 0.0780 e. The molecule has 10 aromatic rings. The molecule has 0 fully saturated rings. The van der Waals surface area contributed by atoms with Crippen molar-refractivity contribution in [1.82, 2.24) is 4.98 Å². The fourth-order valence-electron chi connectivity index (χ4n) is 7.78. The van der Waals surface area contributed by atoms with Gasteiger partial charge in [0.25, 0.3) is 0 Å². The molecule has 0 spiro atoms. The van der Waals surface area contributed by atoms with Crippen LogP contribution >= 0.6 is 0 Å². The summed E-state index contributed by atoms with van der Waals surface area (Å²) < 4.78 is 0. The molecule has 0 bridgehead atoms. The molecule has 2 heteroatoms. The van der Waals surface area contributed by atoms with Crippen LogP contribution < -0.4 is 4.90 Å². The molecule has 0 atom stereocenters. The van der Waals surface area contributed by atoms with E-state index in [-0.39, 0.29) is 0 Å². The molecule has 1 aromatic heterocycles. The number of rotatable bonds is 6. The molecular formula is C49H32N2. The van der Waals surface area contributed by atoms with Gasteiger partial charge >= 0.3 is 0 Å². The molecule has 2 nitrogen and oxygen atoms in total. The quantitative estimate of drug-likeness (QED) is 0.132. The zero-order valence-electron chi connectivity index (χ0n) is 27.9. The molecule has 0 saturated heterocycles. The summed E-state index contributed by atoms with van der Waals surface area (Å²) in [5, 5.41) is 8.75. The molecule has 0 N–H and O–H groups in total. The fraction of sp³-hybridized carbons (Fsp3) is 0. The predicted molar refractivity (Wildman–Crippen MR) is 216 cm³/mol. The summed E-state index contributed by atoms with van der Waals surface area (Å²) in [6.07, 6.45) is 1.89. The third-order valence-electron chi connectivity index (χ3n) is 10.3. The van der Waals surface area contributed by atoms with E-state index in [0.717, 1.165) is 22.6 Å². The van der Waals surface area contributed by atoms with Crippen molar-refractivity contribution in [2.45, 2.75) is 0 Å². The maximum absolute atomic E-state index is 4.78. The number of anilines is 3. The number of hydrogen-bond acceptors (Lipinski definition) is 2. The van der Waals surface area contributed by atoms with Crippen molar-refractivity contribution < 1.29 is 0 Å². The number of pyridine rings is 1. The Bertz CT molecular complexity index is 2720. The molecule has 1 heterocycles. The summed E-state index contributed by atoms with van der Waals surface area (Å²) in [4.78, 5) is 7.12. The van der Waals surface area contributed by atoms with Crippen LogP contribution in [0.2, 0.25) is 0 Å². The van der Waals surface area contributed by atoms with Crippen LogP contribution in [0.5, 0.6) is 0 Å². The molecule has 10 rings (SSSR count). The zero-order valence-corrected chi connectivity index (χ0v) is 27.9. The largest absolute Gasteiger partial charge is 0.311 e. The normalized spacial score (nSPS) is 11.5. The van der Waals surface area contributed by atoms with Crippen LogP contribution in [0, 0.1) is 0 Å². The lowest BCUT2D eigenvalue weighted by Gasteiger charge is -2.26. The highest BCUT2D eigenvalue weighted by atomic mass is 15.1. The molecular weight excluding hydrogens is 617 g/mol. The highest BCUT2D eigenvalue weighted by Crippen LogP contribution is 2.43. The summed E-state index contributed by atoms with van der Waals surface area (Å²) in [6, 6.07) is 67.9. The van der Waals surface area contributed by atoms with Crippen molar-refractivity contribution >= 4 is 60.3 Å². The lowest BCUT2D eigenvalue weighted by atomic mass is 9.89. The van der Waals surface area contributed by atoms with Gasteiger partial charge in [0, 0.05) is 34.0 Å². The SMILES string of the molecule is c1ccc(-c2ccc(N(c3ccc(-c4ccccc4)cc3)c3ccc(-c4ccc5ccc6cc7cccnc7c7ccc4c5c67)cc3)cc2)cc1. The molecule has 0 radical (unpaired) electrons. The first kappa shape index (κ1) is 29.2. The lowest BCUT2D eigenvalue weighted by molar-refractivity contribution is 1.28. The van der Waals surface area contributed by atoms with Crippen LogP contribution in [0.1, 0.15) is 0 Å². The standard InChI is InChI=1S/C49H32N2/c1-3-8-33(9-4-1)35-15-22-41(23-16-35)51(42-24-17-36(18-25-42)34-10-5-2-6-11-34)43-26-19-37(20-27-43)44-28-21-38-13-14-39-32-40-12-7-31-50-49(40)46-30-29-45(44)47(38)48(39)46/h1-32H. The van der Waals surface area contributed by atoms with Gasteiger partial charge in [-0.2, -0.15) is 0 Å². The predicted octanol–water partition coefficient (Wildman–Crippen LogP) is 13.6. The van der Waals surface area contributed by atoms with Gasteiger partial charge in [0.15, 0.2) is 0 Å². The van der Waals surface area contributed by atoms with Gasteiger partial charge < -0.3 is 4.90 Å². The van der Waals surface area contributed by atoms with E-state index in [4.69, 9.17) is 4.98 Å². The minimum absolute atomic E-state index is 1.06. The van der Waals surface area contributed by atoms with Gasteiger partial charge in [-0.05, 0) is 109 Å². The molecule has 0 aliphatic heterocycles. The molecule has 9 aromatic carbocycles. The monoisotopic (exact) mass is 648 g/mol. The summed E-state index contributed by atoms with van der Waals surface area (Å²) >= 11 is 0. The van der Waals surface area contributed by atoms with Gasteiger partial charge in [-0.15, -0.1) is 0 Å². The molecule has 0 aliphatic rings. The first-order chi connectivity index (χ1) is 25.3. The Labute approximate surface area is 296 Å². The number of hydrogen-bond donors (Lipinski definition) is 0. The molecule has 51 heavy (non-hydrogen) atoms. The molecule has 0 aliphatic carbocycles. The molecule has 0 unspecified atom stereocenters. The summed E-state index contributed by atoms with van der Waals surface area (Å²) in [5.74, 6) is 0. The second kappa shape index (κ2) is 12.0. The Kier molecular flexibility index (Phi) is 6.85. The van der Waals surface area contributed by atoms with E-state index in [0.29, 0.717) is 0 Å². The van der Waals surface area contributed by atoms with Crippen molar-refractivity contribution in [1.29, 1.82) is 0 Å². The number of benzene rings is 9. The van der Waals surface area contributed by atoms with Gasteiger partial charge in [0.2, 0.25) is 0 Å². The number of aromatic nitrogens is 1. The Hall–Kier alpha value is -6.77. The maximum Gasteiger partial charge on any atom is 0.0780 e. The second-order valence-corrected chi connectivity index (χ2v) is 13.2. The van der Waals surface area contributed by atoms with E-state index >= 15 is 0 Å². The van der Waals surface area contributed by atoms with Crippen LogP contribution in [0.15, 0.2) is 194 Å². The van der Waals surface area contributed by atoms with E-state index < -0.39 is 0 Å². The van der Waals surface area contributed by atoms with Gasteiger partial charge in [-0.25, -0.2) is 0 Å². The maximum atomic E-state index is 4.78. The first-order valence-electron chi connectivity index (χ1n) is 17.5. The van der Waals surface area contributed by atoms with Crippen molar-refractivity contribution in [3.8, 4) is 33.4 Å². The summed E-state index contributed by atoms with van der Waals surface area (Å²) in [5.41, 5.74) is 11.6. The second-order valence-electron chi connectivity index (χ2n) is 13.2. The number of fused-ring (bicyclic) bond motifs is 2. The van der Waals surface area contributed by atoms with Crippen molar-refractivity contribution in [2.24, 2.45) is 0 Å². The summed E-state index contributed by atoms with van der Waals surface area (Å²) in [7, 11) is 0. The highest BCUT2D eigenvalue weighted by Gasteiger charge is 2.17. The molecule has 0 saturated carbocycles. The van der Waals surface area contributed by atoms with E-state index in [2.05, 4.69) is 187 Å². The first-order valence-corrected chi connectivity index (χ1v) is 17.5. The van der Waals surface area contributed by atoms with Crippen molar-refractivity contribution in [3.05, 3.63) is 194 Å². The fourth-order valence-corrected chi connectivity index (χ4v) is 7.78. The van der Waals surface area contributed by atoms with E-state index in [1.807, 2.05) is 12.3 Å². The van der Waals surface area contributed by atoms with Crippen LogP contribution in [-0.2, 0) is 0 Å². The minimum atomic E-state index is 1.06. The average molecular weight is 649 g/mol. The van der Waals surface area contributed by atoms with Crippen molar-refractivity contribution in [3.63, 3.8) is 0 Å². The van der Waals surface area contributed by atoms with Gasteiger partial charge in [0.1, 0.15) is 0 Å². The third-order valence-corrected chi connectivity index (χ3v) is 10.3. The Morgan fingerprint density at radius 2 is 0.824 bits per heavy atom. The van der Waals surface area contributed by atoms with Gasteiger partial charge in [0.05, 0.1) is 5.52 Å². The lowest BCUT2D eigenvalue weighted by Crippen LogP contribution is -2.09. The van der Waals surface area contributed by atoms with Crippen LogP contribution in [0.4, 0.5) is 17.1 Å². The number of nitrogens with zero attached hydrogens (tertiary/aromatic N) is 2. The zero-order chi connectivity index (χ0) is 33.7. The Morgan fingerprint density at radius 3 is 1.43 bits per heavy atom. The van der Waals surface area contributed by atoms with E-state index in [1.54, 1.807) is 0 Å². The third kappa shape index (κ3) is 5.00. The van der Waals surface area contributed by atoms with Crippen LogP contribution in [-0.4, -0.2) is 4.98 Å².